The summed E-state index contributed by atoms with van der Waals surface area (Å²) in [5, 5.41) is 11.3. The summed E-state index contributed by atoms with van der Waals surface area (Å²) in [6.07, 6.45) is 0. The van der Waals surface area contributed by atoms with Crippen LogP contribution in [0, 0.1) is 12.7 Å². The molecular formula is C26H22FNO5. The summed E-state index contributed by atoms with van der Waals surface area (Å²) in [5.74, 6) is -2.11. The molecule has 1 fully saturated rings. The number of para-hydroxylation sites is 1. The molecule has 7 heteroatoms. The molecule has 0 saturated carbocycles. The van der Waals surface area contributed by atoms with Crippen molar-refractivity contribution >= 4 is 23.1 Å². The van der Waals surface area contributed by atoms with Crippen LogP contribution in [-0.4, -0.2) is 31.0 Å². The zero-order chi connectivity index (χ0) is 23.7. The normalized spacial score (nSPS) is 17.3. The van der Waals surface area contributed by atoms with E-state index in [1.807, 2.05) is 0 Å². The van der Waals surface area contributed by atoms with Crippen LogP contribution in [0.3, 0.4) is 0 Å². The Balaban J connectivity index is 2.01. The second-order valence-corrected chi connectivity index (χ2v) is 7.54. The van der Waals surface area contributed by atoms with Crippen molar-refractivity contribution in [2.75, 3.05) is 19.1 Å². The summed E-state index contributed by atoms with van der Waals surface area (Å²) < 4.78 is 25.5. The smallest absolute Gasteiger partial charge is 0.300 e. The molecule has 1 heterocycles. The Morgan fingerprint density at radius 2 is 1.67 bits per heavy atom. The van der Waals surface area contributed by atoms with Crippen molar-refractivity contribution in [3.8, 4) is 11.5 Å². The molecule has 1 aliphatic heterocycles. The van der Waals surface area contributed by atoms with E-state index in [4.69, 9.17) is 9.47 Å². The number of aliphatic hydroxyl groups is 1. The van der Waals surface area contributed by atoms with Crippen LogP contribution in [0.5, 0.6) is 11.5 Å². The fourth-order valence-corrected chi connectivity index (χ4v) is 4.05. The van der Waals surface area contributed by atoms with Gasteiger partial charge in [-0.15, -0.1) is 0 Å². The van der Waals surface area contributed by atoms with Gasteiger partial charge < -0.3 is 14.6 Å². The van der Waals surface area contributed by atoms with Gasteiger partial charge in [-0.1, -0.05) is 36.4 Å². The Morgan fingerprint density at radius 1 is 0.970 bits per heavy atom. The van der Waals surface area contributed by atoms with E-state index in [-0.39, 0.29) is 22.4 Å². The SMILES string of the molecule is COc1ccc(/C(O)=C2\C(=O)C(=O)N(c3ccccc3C)C2c2ccccc2F)c(OC)c1. The van der Waals surface area contributed by atoms with E-state index in [0.717, 1.165) is 5.56 Å². The van der Waals surface area contributed by atoms with Crippen molar-refractivity contribution in [2.24, 2.45) is 0 Å². The van der Waals surface area contributed by atoms with Crippen LogP contribution in [0.4, 0.5) is 10.1 Å². The number of aryl methyl sites for hydroxylation is 1. The Labute approximate surface area is 190 Å². The third-order valence-corrected chi connectivity index (χ3v) is 5.68. The first kappa shape index (κ1) is 22.1. The molecule has 1 atom stereocenters. The number of carbonyl (C=O) groups excluding carboxylic acids is 2. The van der Waals surface area contributed by atoms with Crippen LogP contribution in [0.25, 0.3) is 5.76 Å². The highest BCUT2D eigenvalue weighted by Gasteiger charge is 2.48. The molecule has 0 bridgehead atoms. The molecule has 1 N–H and O–H groups in total. The molecular weight excluding hydrogens is 425 g/mol. The number of nitrogens with zero attached hydrogens (tertiary/aromatic N) is 1. The second-order valence-electron chi connectivity index (χ2n) is 7.54. The molecule has 3 aromatic rings. The molecule has 0 radical (unpaired) electrons. The summed E-state index contributed by atoms with van der Waals surface area (Å²) in [7, 11) is 2.89. The van der Waals surface area contributed by atoms with Gasteiger partial charge in [0.2, 0.25) is 0 Å². The summed E-state index contributed by atoms with van der Waals surface area (Å²) in [6.45, 7) is 1.79. The lowest BCUT2D eigenvalue weighted by Crippen LogP contribution is -2.30. The van der Waals surface area contributed by atoms with Crippen LogP contribution >= 0.6 is 0 Å². The maximum absolute atomic E-state index is 15.0. The lowest BCUT2D eigenvalue weighted by atomic mass is 9.94. The van der Waals surface area contributed by atoms with E-state index in [9.17, 15) is 19.1 Å². The average Bonchev–Trinajstić information content (AvgIpc) is 3.09. The molecule has 1 amide bonds. The molecule has 33 heavy (non-hydrogen) atoms. The second kappa shape index (κ2) is 8.78. The van der Waals surface area contributed by atoms with Crippen molar-refractivity contribution in [2.45, 2.75) is 13.0 Å². The number of rotatable bonds is 5. The monoisotopic (exact) mass is 447 g/mol. The van der Waals surface area contributed by atoms with Crippen LogP contribution < -0.4 is 14.4 Å². The molecule has 6 nitrogen and oxygen atoms in total. The summed E-state index contributed by atoms with van der Waals surface area (Å²) in [4.78, 5) is 27.7. The number of ketones is 1. The van der Waals surface area contributed by atoms with Crippen molar-refractivity contribution in [3.05, 3.63) is 94.8 Å². The third-order valence-electron chi connectivity index (χ3n) is 5.68. The Kier molecular flexibility index (Phi) is 5.87. The number of anilines is 1. The van der Waals surface area contributed by atoms with E-state index >= 15 is 0 Å². The van der Waals surface area contributed by atoms with Gasteiger partial charge >= 0.3 is 0 Å². The van der Waals surface area contributed by atoms with Crippen molar-refractivity contribution in [1.82, 2.24) is 0 Å². The van der Waals surface area contributed by atoms with Gasteiger partial charge in [-0.25, -0.2) is 4.39 Å². The van der Waals surface area contributed by atoms with Gasteiger partial charge in [0.05, 0.1) is 31.4 Å². The molecule has 0 spiro atoms. The van der Waals surface area contributed by atoms with E-state index in [1.165, 1.54) is 43.4 Å². The third kappa shape index (κ3) is 3.71. The van der Waals surface area contributed by atoms with Crippen LogP contribution in [0.15, 0.2) is 72.3 Å². The molecule has 3 aromatic carbocycles. The molecule has 4 rings (SSSR count). The Morgan fingerprint density at radius 3 is 2.33 bits per heavy atom. The number of aliphatic hydroxyl groups excluding tert-OH is 1. The number of hydrogen-bond donors (Lipinski definition) is 1. The van der Waals surface area contributed by atoms with Crippen LogP contribution in [0.2, 0.25) is 0 Å². The number of amides is 1. The fourth-order valence-electron chi connectivity index (χ4n) is 4.05. The van der Waals surface area contributed by atoms with E-state index < -0.39 is 29.3 Å². The van der Waals surface area contributed by atoms with Crippen molar-refractivity contribution in [1.29, 1.82) is 0 Å². The minimum absolute atomic E-state index is 0.0916. The van der Waals surface area contributed by atoms with Gasteiger partial charge in [0.1, 0.15) is 23.1 Å². The average molecular weight is 447 g/mol. The van der Waals surface area contributed by atoms with Crippen molar-refractivity contribution < 1.29 is 28.6 Å². The Bertz CT molecular complexity index is 1280. The largest absolute Gasteiger partial charge is 0.507 e. The zero-order valence-electron chi connectivity index (χ0n) is 18.3. The lowest BCUT2D eigenvalue weighted by molar-refractivity contribution is -0.132. The predicted octanol–water partition coefficient (Wildman–Crippen LogP) is 4.78. The quantitative estimate of drug-likeness (QED) is 0.346. The number of carbonyl (C=O) groups is 2. The van der Waals surface area contributed by atoms with Gasteiger partial charge in [-0.2, -0.15) is 0 Å². The number of hydrogen-bond acceptors (Lipinski definition) is 5. The highest BCUT2D eigenvalue weighted by atomic mass is 19.1. The predicted molar refractivity (Wildman–Crippen MR) is 122 cm³/mol. The number of halogens is 1. The Hall–Kier alpha value is -4.13. The van der Waals surface area contributed by atoms with E-state index in [2.05, 4.69) is 0 Å². The summed E-state index contributed by atoms with van der Waals surface area (Å²) >= 11 is 0. The summed E-state index contributed by atoms with van der Waals surface area (Å²) in [6, 6.07) is 16.4. The maximum atomic E-state index is 15.0. The molecule has 168 valence electrons. The minimum Gasteiger partial charge on any atom is -0.507 e. The van der Waals surface area contributed by atoms with Gasteiger partial charge in [-0.05, 0) is 36.8 Å². The molecule has 1 saturated heterocycles. The van der Waals surface area contributed by atoms with Gasteiger partial charge in [-0.3, -0.25) is 14.5 Å². The fraction of sp³-hybridized carbons (Fsp3) is 0.154. The number of ether oxygens (including phenoxy) is 2. The first-order chi connectivity index (χ1) is 15.9. The highest BCUT2D eigenvalue weighted by molar-refractivity contribution is 6.51. The standard InChI is InChI=1S/C26H22FNO5/c1-15-8-4-7-11-20(15)28-23(17-9-5-6-10-19(17)27)22(25(30)26(28)31)24(29)18-13-12-16(32-2)14-21(18)33-3/h4-14,23,29H,1-3H3/b24-22+. The topological polar surface area (TPSA) is 76.1 Å². The summed E-state index contributed by atoms with van der Waals surface area (Å²) in [5.41, 5.74) is 1.23. The first-order valence-electron chi connectivity index (χ1n) is 10.2. The number of Topliss-reactive ketones (excluding diaryl/α,β-unsaturated/α-hetero) is 1. The highest BCUT2D eigenvalue weighted by Crippen LogP contribution is 2.44. The number of methoxy groups -OCH3 is 2. The zero-order valence-corrected chi connectivity index (χ0v) is 18.3. The molecule has 1 unspecified atom stereocenters. The minimum atomic E-state index is -1.17. The lowest BCUT2D eigenvalue weighted by Gasteiger charge is -2.27. The molecule has 0 aromatic heterocycles. The van der Waals surface area contributed by atoms with E-state index in [0.29, 0.717) is 11.4 Å². The van der Waals surface area contributed by atoms with Gasteiger partial charge in [0.25, 0.3) is 11.7 Å². The van der Waals surface area contributed by atoms with Crippen LogP contribution in [-0.2, 0) is 9.59 Å². The molecule has 1 aliphatic rings. The first-order valence-corrected chi connectivity index (χ1v) is 10.2. The van der Waals surface area contributed by atoms with E-state index in [1.54, 1.807) is 49.4 Å². The van der Waals surface area contributed by atoms with Crippen LogP contribution in [0.1, 0.15) is 22.7 Å². The van der Waals surface area contributed by atoms with Gasteiger partial charge in [0, 0.05) is 17.3 Å². The van der Waals surface area contributed by atoms with Gasteiger partial charge in [0.15, 0.2) is 0 Å². The van der Waals surface area contributed by atoms with Crippen molar-refractivity contribution in [3.63, 3.8) is 0 Å². The molecule has 0 aliphatic carbocycles. The number of benzene rings is 3. The maximum Gasteiger partial charge on any atom is 0.300 e.